The molecule has 0 atom stereocenters. The lowest BCUT2D eigenvalue weighted by molar-refractivity contribution is 0.173. The fraction of sp³-hybridized carbons (Fsp3) is 0.500. The summed E-state index contributed by atoms with van der Waals surface area (Å²) in [6.07, 6.45) is 2.40. The zero-order valence-electron chi connectivity index (χ0n) is 8.96. The molecule has 0 radical (unpaired) electrons. The Labute approximate surface area is 103 Å². The van der Waals surface area contributed by atoms with Gasteiger partial charge >= 0.3 is 0 Å². The van der Waals surface area contributed by atoms with E-state index in [-0.39, 0.29) is 0 Å². The van der Waals surface area contributed by atoms with Crippen LogP contribution in [0.3, 0.4) is 0 Å². The van der Waals surface area contributed by atoms with Crippen molar-refractivity contribution in [3.05, 3.63) is 22.2 Å². The van der Waals surface area contributed by atoms with Crippen LogP contribution in [0.4, 0.5) is 0 Å². The summed E-state index contributed by atoms with van der Waals surface area (Å²) in [7, 11) is 0. The lowest BCUT2D eigenvalue weighted by atomic mass is 9.90. The summed E-state index contributed by atoms with van der Waals surface area (Å²) in [4.78, 5) is 0. The lowest BCUT2D eigenvalue weighted by Gasteiger charge is -2.23. The molecule has 0 saturated carbocycles. The number of piperidine rings is 1. The minimum atomic E-state index is 0.337. The molecule has 3 nitrogen and oxygen atoms in total. The second kappa shape index (κ2) is 4.26. The number of halogens is 1. The van der Waals surface area contributed by atoms with Crippen LogP contribution in [-0.4, -0.2) is 19.9 Å². The van der Waals surface area contributed by atoms with Crippen molar-refractivity contribution >= 4 is 15.9 Å². The molecule has 3 rings (SSSR count). The highest BCUT2D eigenvalue weighted by atomic mass is 79.9. The average Bonchev–Trinajstić information content (AvgIpc) is 2.79. The fourth-order valence-corrected chi connectivity index (χ4v) is 2.95. The van der Waals surface area contributed by atoms with Gasteiger partial charge in [-0.05, 0) is 65.5 Å². The Bertz CT molecular complexity index is 402. The minimum absolute atomic E-state index is 0.337. The molecule has 0 aliphatic carbocycles. The van der Waals surface area contributed by atoms with Crippen LogP contribution < -0.4 is 14.8 Å². The highest BCUT2D eigenvalue weighted by molar-refractivity contribution is 9.10. The SMILES string of the molecule is Brc1cc(C2CCNCC2)cc2c1OCO2. The number of nitrogens with one attached hydrogen (secondary N) is 1. The van der Waals surface area contributed by atoms with Crippen LogP contribution in [0.2, 0.25) is 0 Å². The van der Waals surface area contributed by atoms with Crippen LogP contribution in [0, 0.1) is 0 Å². The van der Waals surface area contributed by atoms with Crippen LogP contribution in [0.5, 0.6) is 11.5 Å². The van der Waals surface area contributed by atoms with E-state index in [9.17, 15) is 0 Å². The van der Waals surface area contributed by atoms with Crippen molar-refractivity contribution in [3.8, 4) is 11.5 Å². The third-order valence-electron chi connectivity index (χ3n) is 3.26. The molecule has 1 fully saturated rings. The van der Waals surface area contributed by atoms with Gasteiger partial charge in [-0.3, -0.25) is 0 Å². The first-order valence-corrected chi connectivity index (χ1v) is 6.43. The standard InChI is InChI=1S/C12H14BrNO2/c13-10-5-9(8-1-3-14-4-2-8)6-11-12(10)16-7-15-11/h5-6,8,14H,1-4,7H2. The van der Waals surface area contributed by atoms with Gasteiger partial charge in [0.15, 0.2) is 11.5 Å². The van der Waals surface area contributed by atoms with E-state index in [1.165, 1.54) is 18.4 Å². The van der Waals surface area contributed by atoms with E-state index >= 15 is 0 Å². The molecule has 4 heteroatoms. The van der Waals surface area contributed by atoms with Gasteiger partial charge < -0.3 is 14.8 Å². The van der Waals surface area contributed by atoms with Crippen LogP contribution in [0.15, 0.2) is 16.6 Å². The number of fused-ring (bicyclic) bond motifs is 1. The van der Waals surface area contributed by atoms with Gasteiger partial charge in [0.2, 0.25) is 6.79 Å². The maximum Gasteiger partial charge on any atom is 0.231 e. The van der Waals surface area contributed by atoms with Crippen molar-refractivity contribution < 1.29 is 9.47 Å². The molecule has 2 aliphatic heterocycles. The van der Waals surface area contributed by atoms with Crippen LogP contribution in [0.25, 0.3) is 0 Å². The van der Waals surface area contributed by atoms with Crippen molar-refractivity contribution in [1.82, 2.24) is 5.32 Å². The molecule has 1 aromatic rings. The Kier molecular flexibility index (Phi) is 2.77. The molecule has 0 amide bonds. The number of ether oxygens (including phenoxy) is 2. The first kappa shape index (κ1) is 10.4. The van der Waals surface area contributed by atoms with Gasteiger partial charge in [0.1, 0.15) is 0 Å². The Morgan fingerprint density at radius 3 is 2.81 bits per heavy atom. The molecule has 2 heterocycles. The van der Waals surface area contributed by atoms with Gasteiger partial charge in [-0.15, -0.1) is 0 Å². The molecule has 1 aromatic carbocycles. The first-order valence-electron chi connectivity index (χ1n) is 5.64. The summed E-state index contributed by atoms with van der Waals surface area (Å²) in [6.45, 7) is 2.55. The maximum absolute atomic E-state index is 5.44. The third kappa shape index (κ3) is 1.80. The number of hydrogen-bond donors (Lipinski definition) is 1. The first-order chi connectivity index (χ1) is 7.84. The van der Waals surface area contributed by atoms with Gasteiger partial charge in [0.25, 0.3) is 0 Å². The van der Waals surface area contributed by atoms with E-state index in [2.05, 4.69) is 33.4 Å². The summed E-state index contributed by atoms with van der Waals surface area (Å²) < 4.78 is 11.8. The molecule has 0 bridgehead atoms. The van der Waals surface area contributed by atoms with Gasteiger partial charge in [-0.1, -0.05) is 0 Å². The molecule has 2 aliphatic rings. The molecular weight excluding hydrogens is 270 g/mol. The summed E-state index contributed by atoms with van der Waals surface area (Å²) >= 11 is 3.54. The Morgan fingerprint density at radius 2 is 2.00 bits per heavy atom. The van der Waals surface area contributed by atoms with Crippen LogP contribution in [0.1, 0.15) is 24.3 Å². The number of rotatable bonds is 1. The van der Waals surface area contributed by atoms with E-state index in [1.807, 2.05) is 0 Å². The largest absolute Gasteiger partial charge is 0.454 e. The van der Waals surface area contributed by atoms with Crippen molar-refractivity contribution in [1.29, 1.82) is 0 Å². The van der Waals surface area contributed by atoms with E-state index in [1.54, 1.807) is 0 Å². The number of benzene rings is 1. The zero-order chi connectivity index (χ0) is 11.0. The monoisotopic (exact) mass is 283 g/mol. The van der Waals surface area contributed by atoms with E-state index in [0.29, 0.717) is 12.7 Å². The molecule has 0 spiro atoms. The van der Waals surface area contributed by atoms with E-state index < -0.39 is 0 Å². The third-order valence-corrected chi connectivity index (χ3v) is 3.85. The molecule has 1 saturated heterocycles. The maximum atomic E-state index is 5.44. The van der Waals surface area contributed by atoms with Gasteiger partial charge in [-0.2, -0.15) is 0 Å². The topological polar surface area (TPSA) is 30.5 Å². The van der Waals surface area contributed by atoms with Gasteiger partial charge in [0, 0.05) is 0 Å². The Morgan fingerprint density at radius 1 is 1.19 bits per heavy atom. The highest BCUT2D eigenvalue weighted by Gasteiger charge is 2.22. The highest BCUT2D eigenvalue weighted by Crippen LogP contribution is 2.42. The van der Waals surface area contributed by atoms with E-state index in [4.69, 9.17) is 9.47 Å². The van der Waals surface area contributed by atoms with E-state index in [0.717, 1.165) is 29.1 Å². The molecule has 1 N–H and O–H groups in total. The predicted octanol–water partition coefficient (Wildman–Crippen LogP) is 2.64. The molecule has 16 heavy (non-hydrogen) atoms. The van der Waals surface area contributed by atoms with Crippen LogP contribution in [-0.2, 0) is 0 Å². The summed E-state index contributed by atoms with van der Waals surface area (Å²) in [6, 6.07) is 4.30. The molecular formula is C12H14BrNO2. The average molecular weight is 284 g/mol. The smallest absolute Gasteiger partial charge is 0.231 e. The summed E-state index contributed by atoms with van der Waals surface area (Å²) in [5, 5.41) is 3.38. The van der Waals surface area contributed by atoms with Gasteiger partial charge in [-0.25, -0.2) is 0 Å². The zero-order valence-corrected chi connectivity index (χ0v) is 10.5. The molecule has 86 valence electrons. The van der Waals surface area contributed by atoms with Crippen molar-refractivity contribution in [3.63, 3.8) is 0 Å². The van der Waals surface area contributed by atoms with Crippen molar-refractivity contribution in [2.24, 2.45) is 0 Å². The van der Waals surface area contributed by atoms with Crippen molar-refractivity contribution in [2.75, 3.05) is 19.9 Å². The molecule has 0 aromatic heterocycles. The summed E-state index contributed by atoms with van der Waals surface area (Å²) in [5.74, 6) is 2.37. The second-order valence-electron chi connectivity index (χ2n) is 4.26. The van der Waals surface area contributed by atoms with Crippen molar-refractivity contribution in [2.45, 2.75) is 18.8 Å². The fourth-order valence-electron chi connectivity index (χ4n) is 2.38. The molecule has 0 unspecified atom stereocenters. The number of hydrogen-bond acceptors (Lipinski definition) is 3. The quantitative estimate of drug-likeness (QED) is 0.860. The predicted molar refractivity (Wildman–Crippen MR) is 65.1 cm³/mol. The normalized spacial score (nSPS) is 20.1. The lowest BCUT2D eigenvalue weighted by Crippen LogP contribution is -2.26. The minimum Gasteiger partial charge on any atom is -0.454 e. The Hall–Kier alpha value is -0.740. The second-order valence-corrected chi connectivity index (χ2v) is 5.12. The summed E-state index contributed by atoms with van der Waals surface area (Å²) in [5.41, 5.74) is 1.36. The van der Waals surface area contributed by atoms with Gasteiger partial charge in [0.05, 0.1) is 4.47 Å². The van der Waals surface area contributed by atoms with Crippen LogP contribution >= 0.6 is 15.9 Å². The Balaban J connectivity index is 1.92.